The zero-order valence-electron chi connectivity index (χ0n) is 9.87. The molecule has 0 aromatic carbocycles. The second kappa shape index (κ2) is 5.90. The molecule has 0 radical (unpaired) electrons. The van der Waals surface area contributed by atoms with Gasteiger partial charge in [0.15, 0.2) is 0 Å². The number of rotatable bonds is 2. The number of carboxylic acid groups (broad SMARTS) is 1. The van der Waals surface area contributed by atoms with Gasteiger partial charge in [-0.2, -0.15) is 0 Å². The molecule has 1 heterocycles. The highest BCUT2D eigenvalue weighted by Gasteiger charge is 2.31. The molecule has 0 atom stereocenters. The van der Waals surface area contributed by atoms with Crippen molar-refractivity contribution < 1.29 is 9.90 Å². The van der Waals surface area contributed by atoms with E-state index in [0.29, 0.717) is 0 Å². The van der Waals surface area contributed by atoms with Crippen LogP contribution in [0.2, 0.25) is 0 Å². The molecule has 1 aliphatic heterocycles. The fourth-order valence-corrected chi connectivity index (χ4v) is 1.13. The van der Waals surface area contributed by atoms with E-state index in [1.165, 1.54) is 0 Å². The fourth-order valence-electron chi connectivity index (χ4n) is 1.13. The summed E-state index contributed by atoms with van der Waals surface area (Å²) in [6.45, 7) is 7.80. The standard InChI is InChI=1S/C11H15NO2.CH3N/c1-4-9-6-5-8(7-12-9)11(2,3)10(13)14;1-2/h4-7,12H,1-3H3,(H,13,14);2H,1H2/b9-4-;. The molecule has 4 nitrogen and oxygen atoms in total. The van der Waals surface area contributed by atoms with Crippen molar-refractivity contribution in [1.29, 1.82) is 5.41 Å². The summed E-state index contributed by atoms with van der Waals surface area (Å²) in [5, 5.41) is 17.5. The molecule has 0 aromatic heterocycles. The lowest BCUT2D eigenvalue weighted by Crippen LogP contribution is -2.27. The lowest BCUT2D eigenvalue weighted by Gasteiger charge is -2.23. The maximum absolute atomic E-state index is 11.0. The molecule has 1 aliphatic rings. The average molecular weight is 222 g/mol. The minimum absolute atomic E-state index is 0.774. The lowest BCUT2D eigenvalue weighted by atomic mass is 9.83. The zero-order valence-corrected chi connectivity index (χ0v) is 9.87. The van der Waals surface area contributed by atoms with Crippen molar-refractivity contribution >= 4 is 12.7 Å². The largest absolute Gasteiger partial charge is 0.481 e. The number of hydrogen-bond donors (Lipinski definition) is 3. The summed E-state index contributed by atoms with van der Waals surface area (Å²) in [7, 11) is 0. The van der Waals surface area contributed by atoms with Crippen LogP contribution in [-0.2, 0) is 4.79 Å². The molecular formula is C12H18N2O2. The van der Waals surface area contributed by atoms with Crippen LogP contribution >= 0.6 is 0 Å². The zero-order chi connectivity index (χ0) is 12.8. The molecule has 0 aliphatic carbocycles. The van der Waals surface area contributed by atoms with Gasteiger partial charge in [0, 0.05) is 11.9 Å². The number of aliphatic carboxylic acids is 1. The Morgan fingerprint density at radius 3 is 2.38 bits per heavy atom. The molecule has 0 saturated heterocycles. The van der Waals surface area contributed by atoms with Gasteiger partial charge in [-0.1, -0.05) is 12.2 Å². The van der Waals surface area contributed by atoms with Gasteiger partial charge in [0.05, 0.1) is 5.41 Å². The van der Waals surface area contributed by atoms with Crippen LogP contribution in [0.25, 0.3) is 0 Å². The summed E-state index contributed by atoms with van der Waals surface area (Å²) in [5.74, 6) is -0.820. The van der Waals surface area contributed by atoms with E-state index in [1.54, 1.807) is 20.0 Å². The number of nitrogens with one attached hydrogen (secondary N) is 2. The van der Waals surface area contributed by atoms with Gasteiger partial charge in [0.2, 0.25) is 0 Å². The molecule has 0 saturated carbocycles. The SMILES string of the molecule is C/C=C1/C=CC(C(C)(C)C(=O)O)=CN1.C=N. The molecule has 0 aromatic rings. The van der Waals surface area contributed by atoms with Crippen molar-refractivity contribution in [2.45, 2.75) is 20.8 Å². The number of allylic oxidation sites excluding steroid dienone is 3. The van der Waals surface area contributed by atoms with Gasteiger partial charge in [0.1, 0.15) is 0 Å². The van der Waals surface area contributed by atoms with Gasteiger partial charge >= 0.3 is 5.97 Å². The van der Waals surface area contributed by atoms with E-state index in [-0.39, 0.29) is 0 Å². The van der Waals surface area contributed by atoms with Gasteiger partial charge in [-0.05, 0) is 39.1 Å². The van der Waals surface area contributed by atoms with Crippen LogP contribution in [0, 0.1) is 10.8 Å². The Bertz CT molecular complexity index is 352. The first-order valence-electron chi connectivity index (χ1n) is 4.89. The van der Waals surface area contributed by atoms with Crippen molar-refractivity contribution in [2.24, 2.45) is 5.41 Å². The van der Waals surface area contributed by atoms with Crippen LogP contribution in [0.4, 0.5) is 0 Å². The van der Waals surface area contributed by atoms with E-state index < -0.39 is 11.4 Å². The summed E-state index contributed by atoms with van der Waals surface area (Å²) >= 11 is 0. The number of dihydropyridines is 1. The summed E-state index contributed by atoms with van der Waals surface area (Å²) < 4.78 is 0. The van der Waals surface area contributed by atoms with Gasteiger partial charge in [-0.15, -0.1) is 0 Å². The minimum Gasteiger partial charge on any atom is -0.481 e. The normalized spacial score (nSPS) is 16.9. The van der Waals surface area contributed by atoms with E-state index in [9.17, 15) is 4.79 Å². The fraction of sp³-hybridized carbons (Fsp3) is 0.333. The van der Waals surface area contributed by atoms with Crippen LogP contribution in [0.3, 0.4) is 0 Å². The van der Waals surface area contributed by atoms with Crippen molar-refractivity contribution in [2.75, 3.05) is 0 Å². The van der Waals surface area contributed by atoms with Crippen LogP contribution in [0.1, 0.15) is 20.8 Å². The van der Waals surface area contributed by atoms with E-state index >= 15 is 0 Å². The Kier molecular flexibility index (Phi) is 5.22. The third-order valence-corrected chi connectivity index (χ3v) is 2.40. The quantitative estimate of drug-likeness (QED) is 0.628. The monoisotopic (exact) mass is 222 g/mol. The van der Waals surface area contributed by atoms with Crippen LogP contribution in [-0.4, -0.2) is 17.8 Å². The minimum atomic E-state index is -0.844. The van der Waals surface area contributed by atoms with E-state index in [1.807, 2.05) is 25.2 Å². The third kappa shape index (κ3) is 3.08. The Morgan fingerprint density at radius 1 is 1.50 bits per heavy atom. The maximum atomic E-state index is 11.0. The smallest absolute Gasteiger partial charge is 0.313 e. The third-order valence-electron chi connectivity index (χ3n) is 2.40. The predicted molar refractivity (Wildman–Crippen MR) is 65.4 cm³/mol. The highest BCUT2D eigenvalue weighted by Crippen LogP contribution is 2.28. The van der Waals surface area contributed by atoms with Crippen molar-refractivity contribution in [3.05, 3.63) is 35.7 Å². The predicted octanol–water partition coefficient (Wildman–Crippen LogP) is 2.31. The Hall–Kier alpha value is -1.84. The van der Waals surface area contributed by atoms with E-state index in [4.69, 9.17) is 10.5 Å². The molecular weight excluding hydrogens is 204 g/mol. The Labute approximate surface area is 95.9 Å². The molecule has 4 heteroatoms. The molecule has 0 unspecified atom stereocenters. The van der Waals surface area contributed by atoms with Crippen molar-refractivity contribution in [3.63, 3.8) is 0 Å². The van der Waals surface area contributed by atoms with Gasteiger partial charge < -0.3 is 15.8 Å². The highest BCUT2D eigenvalue weighted by atomic mass is 16.4. The molecule has 16 heavy (non-hydrogen) atoms. The lowest BCUT2D eigenvalue weighted by molar-refractivity contribution is -0.144. The molecule has 0 spiro atoms. The van der Waals surface area contributed by atoms with Gasteiger partial charge in [-0.3, -0.25) is 4.79 Å². The van der Waals surface area contributed by atoms with Crippen LogP contribution in [0.5, 0.6) is 0 Å². The summed E-state index contributed by atoms with van der Waals surface area (Å²) in [5.41, 5.74) is 0.911. The van der Waals surface area contributed by atoms with E-state index in [2.05, 4.69) is 12.0 Å². The second-order valence-corrected chi connectivity index (χ2v) is 3.75. The molecule has 0 bridgehead atoms. The Balaban J connectivity index is 0.00000106. The second-order valence-electron chi connectivity index (χ2n) is 3.75. The van der Waals surface area contributed by atoms with Crippen molar-refractivity contribution in [1.82, 2.24) is 5.32 Å². The van der Waals surface area contributed by atoms with Crippen LogP contribution < -0.4 is 5.32 Å². The van der Waals surface area contributed by atoms with Gasteiger partial charge in [0.25, 0.3) is 0 Å². The molecule has 88 valence electrons. The molecule has 0 amide bonds. The summed E-state index contributed by atoms with van der Waals surface area (Å²) in [4.78, 5) is 11.0. The highest BCUT2D eigenvalue weighted by molar-refractivity contribution is 5.78. The Morgan fingerprint density at radius 2 is 2.06 bits per heavy atom. The summed E-state index contributed by atoms with van der Waals surface area (Å²) in [6, 6.07) is 0. The van der Waals surface area contributed by atoms with Crippen molar-refractivity contribution in [3.8, 4) is 0 Å². The molecule has 0 fully saturated rings. The number of carboxylic acids is 1. The topological polar surface area (TPSA) is 73.2 Å². The molecule has 1 rings (SSSR count). The first-order chi connectivity index (χ1) is 7.48. The first kappa shape index (κ1) is 14.2. The first-order valence-corrected chi connectivity index (χ1v) is 4.89. The maximum Gasteiger partial charge on any atom is 0.313 e. The van der Waals surface area contributed by atoms with E-state index in [0.717, 1.165) is 11.3 Å². The number of carbonyl (C=O) groups is 1. The summed E-state index contributed by atoms with van der Waals surface area (Å²) in [6.07, 6.45) is 7.38. The average Bonchev–Trinajstić information content (AvgIpc) is 2.31. The molecule has 3 N–H and O–H groups in total. The number of hydrogen-bond acceptors (Lipinski definition) is 3. The van der Waals surface area contributed by atoms with Gasteiger partial charge in [-0.25, -0.2) is 0 Å². The van der Waals surface area contributed by atoms with Crippen LogP contribution in [0.15, 0.2) is 35.7 Å².